The average molecular weight is 319 g/mol. The first-order chi connectivity index (χ1) is 11.1. The largest absolute Gasteiger partial charge is 0.377 e. The Morgan fingerprint density at radius 1 is 1.17 bits per heavy atom. The lowest BCUT2D eigenvalue weighted by molar-refractivity contribution is -0.107. The molecular formula is C19H33N3O. The fourth-order valence-corrected chi connectivity index (χ4v) is 5.72. The molecule has 0 aromatic rings. The van der Waals surface area contributed by atoms with Gasteiger partial charge in [0.2, 0.25) is 0 Å². The molecule has 4 aliphatic rings. The maximum Gasteiger partial charge on any atom is 0.194 e. The summed E-state index contributed by atoms with van der Waals surface area (Å²) in [6.07, 6.45) is 7.36. The third kappa shape index (κ3) is 2.57. The van der Waals surface area contributed by atoms with Gasteiger partial charge in [0.1, 0.15) is 0 Å². The highest BCUT2D eigenvalue weighted by atomic mass is 16.5. The summed E-state index contributed by atoms with van der Waals surface area (Å²) in [5.74, 6) is 3.66. The molecule has 4 rings (SSSR count). The van der Waals surface area contributed by atoms with Crippen molar-refractivity contribution in [2.45, 2.75) is 65.0 Å². The molecule has 4 nitrogen and oxygen atoms in total. The van der Waals surface area contributed by atoms with Crippen molar-refractivity contribution in [3.05, 3.63) is 0 Å². The zero-order chi connectivity index (χ0) is 16.0. The van der Waals surface area contributed by atoms with E-state index in [0.29, 0.717) is 18.1 Å². The fourth-order valence-electron chi connectivity index (χ4n) is 5.72. The van der Waals surface area contributed by atoms with Gasteiger partial charge in [0.05, 0.1) is 6.10 Å². The van der Waals surface area contributed by atoms with Crippen LogP contribution in [0.5, 0.6) is 0 Å². The Morgan fingerprint density at radius 3 is 2.52 bits per heavy atom. The molecule has 4 fully saturated rings. The van der Waals surface area contributed by atoms with Crippen LogP contribution in [-0.4, -0.2) is 49.2 Å². The molecule has 0 amide bonds. The lowest BCUT2D eigenvalue weighted by atomic mass is 9.57. The van der Waals surface area contributed by atoms with E-state index >= 15 is 0 Å². The molecular weight excluding hydrogens is 286 g/mol. The Hall–Kier alpha value is -0.770. The maximum absolute atomic E-state index is 5.95. The summed E-state index contributed by atoms with van der Waals surface area (Å²) < 4.78 is 5.95. The molecule has 0 aromatic heterocycles. The number of fused-ring (bicyclic) bond motifs is 2. The fraction of sp³-hybridized carbons (Fsp3) is 0.947. The lowest BCUT2D eigenvalue weighted by Gasteiger charge is -2.55. The summed E-state index contributed by atoms with van der Waals surface area (Å²) in [4.78, 5) is 7.42. The van der Waals surface area contributed by atoms with Gasteiger partial charge >= 0.3 is 0 Å². The van der Waals surface area contributed by atoms with Crippen LogP contribution in [0.3, 0.4) is 0 Å². The van der Waals surface area contributed by atoms with Crippen molar-refractivity contribution >= 4 is 5.96 Å². The van der Waals surface area contributed by atoms with Crippen molar-refractivity contribution in [1.29, 1.82) is 0 Å². The summed E-state index contributed by atoms with van der Waals surface area (Å²) in [5.41, 5.74) is 0.224. The molecule has 2 saturated carbocycles. The van der Waals surface area contributed by atoms with Gasteiger partial charge in [-0.2, -0.15) is 0 Å². The number of hydrogen-bond donors (Lipinski definition) is 1. The minimum atomic E-state index is 0.224. The molecule has 0 bridgehead atoms. The van der Waals surface area contributed by atoms with Crippen LogP contribution < -0.4 is 5.32 Å². The number of hydrogen-bond acceptors (Lipinski definition) is 2. The molecule has 2 aliphatic heterocycles. The molecule has 5 atom stereocenters. The first-order valence-corrected chi connectivity index (χ1v) is 9.78. The van der Waals surface area contributed by atoms with Gasteiger partial charge in [-0.05, 0) is 38.0 Å². The second kappa shape index (κ2) is 5.94. The predicted octanol–water partition coefficient (Wildman–Crippen LogP) is 2.89. The lowest BCUT2D eigenvalue weighted by Crippen LogP contribution is -2.68. The normalized spacial score (nSPS) is 42.1. The highest BCUT2D eigenvalue weighted by Crippen LogP contribution is 2.52. The van der Waals surface area contributed by atoms with E-state index in [2.05, 4.69) is 31.0 Å². The van der Waals surface area contributed by atoms with Crippen LogP contribution in [0.2, 0.25) is 0 Å². The molecule has 1 N–H and O–H groups in total. The van der Waals surface area contributed by atoms with Crippen LogP contribution in [0.4, 0.5) is 0 Å². The maximum atomic E-state index is 5.95. The van der Waals surface area contributed by atoms with E-state index in [-0.39, 0.29) is 5.41 Å². The van der Waals surface area contributed by atoms with E-state index in [4.69, 9.17) is 9.73 Å². The second-order valence-corrected chi connectivity index (χ2v) is 8.69. The summed E-state index contributed by atoms with van der Waals surface area (Å²) >= 11 is 0. The molecule has 130 valence electrons. The molecule has 0 spiro atoms. The first-order valence-electron chi connectivity index (χ1n) is 9.78. The van der Waals surface area contributed by atoms with Gasteiger partial charge in [-0.3, -0.25) is 4.99 Å². The average Bonchev–Trinajstić information content (AvgIpc) is 3.16. The number of nitrogens with zero attached hydrogens (tertiary/aromatic N) is 2. The van der Waals surface area contributed by atoms with Crippen molar-refractivity contribution in [3.8, 4) is 0 Å². The van der Waals surface area contributed by atoms with Crippen molar-refractivity contribution in [2.24, 2.45) is 28.2 Å². The number of guanidine groups is 1. The molecule has 2 saturated heterocycles. The molecule has 2 aliphatic carbocycles. The van der Waals surface area contributed by atoms with Crippen molar-refractivity contribution in [1.82, 2.24) is 10.2 Å². The van der Waals surface area contributed by atoms with Crippen LogP contribution in [0.25, 0.3) is 0 Å². The van der Waals surface area contributed by atoms with Gasteiger partial charge in [-0.15, -0.1) is 0 Å². The van der Waals surface area contributed by atoms with E-state index in [0.717, 1.165) is 25.0 Å². The monoisotopic (exact) mass is 319 g/mol. The minimum absolute atomic E-state index is 0.224. The molecule has 4 heteroatoms. The number of likely N-dealkylation sites (tertiary alicyclic amines) is 1. The van der Waals surface area contributed by atoms with E-state index < -0.39 is 0 Å². The first kappa shape index (κ1) is 15.7. The molecule has 0 radical (unpaired) electrons. The number of aliphatic imine (C=N–C) groups is 1. The highest BCUT2D eigenvalue weighted by Gasteiger charge is 2.59. The van der Waals surface area contributed by atoms with Gasteiger partial charge in [0, 0.05) is 43.6 Å². The second-order valence-electron chi connectivity index (χ2n) is 8.69. The van der Waals surface area contributed by atoms with Crippen molar-refractivity contribution < 1.29 is 4.74 Å². The smallest absolute Gasteiger partial charge is 0.194 e. The molecule has 2 heterocycles. The summed E-state index contributed by atoms with van der Waals surface area (Å²) in [7, 11) is 0. The SMILES string of the molecule is CCN=C(NC1C2CCOC2C1(C)C)N1CC2CCCCC2C1. The predicted molar refractivity (Wildman–Crippen MR) is 93.5 cm³/mol. The zero-order valence-electron chi connectivity index (χ0n) is 15.1. The Morgan fingerprint density at radius 2 is 1.87 bits per heavy atom. The van der Waals surface area contributed by atoms with Crippen LogP contribution in [-0.2, 0) is 4.74 Å². The highest BCUT2D eigenvalue weighted by molar-refractivity contribution is 5.81. The molecule has 5 unspecified atom stereocenters. The van der Waals surface area contributed by atoms with Crippen molar-refractivity contribution in [2.75, 3.05) is 26.2 Å². The van der Waals surface area contributed by atoms with Gasteiger partial charge in [-0.25, -0.2) is 0 Å². The van der Waals surface area contributed by atoms with Gasteiger partial charge in [0.25, 0.3) is 0 Å². The zero-order valence-corrected chi connectivity index (χ0v) is 15.1. The van der Waals surface area contributed by atoms with Gasteiger partial charge < -0.3 is 15.0 Å². The van der Waals surface area contributed by atoms with E-state index in [1.165, 1.54) is 51.2 Å². The summed E-state index contributed by atoms with van der Waals surface area (Å²) in [6, 6.07) is 0.517. The Kier molecular flexibility index (Phi) is 4.07. The van der Waals surface area contributed by atoms with E-state index in [1.807, 2.05) is 0 Å². The van der Waals surface area contributed by atoms with Crippen LogP contribution >= 0.6 is 0 Å². The molecule has 0 aromatic carbocycles. The third-order valence-corrected chi connectivity index (χ3v) is 6.97. The number of rotatable bonds is 2. The molecule has 23 heavy (non-hydrogen) atoms. The van der Waals surface area contributed by atoms with Gasteiger partial charge in [0.15, 0.2) is 5.96 Å². The van der Waals surface area contributed by atoms with E-state index in [9.17, 15) is 0 Å². The summed E-state index contributed by atoms with van der Waals surface area (Å²) in [6.45, 7) is 11.1. The number of nitrogens with one attached hydrogen (secondary N) is 1. The Labute approximate surface area is 141 Å². The van der Waals surface area contributed by atoms with E-state index in [1.54, 1.807) is 0 Å². The standard InChI is InChI=1S/C19H33N3O/c1-4-20-18(22-11-13-7-5-6-8-14(13)12-22)21-16-15-9-10-23-17(15)19(16,2)3/h13-17H,4-12H2,1-3H3,(H,20,21). The third-order valence-electron chi connectivity index (χ3n) is 6.97. The van der Waals surface area contributed by atoms with Gasteiger partial charge in [-0.1, -0.05) is 26.7 Å². The quantitative estimate of drug-likeness (QED) is 0.628. The van der Waals surface area contributed by atoms with Crippen LogP contribution in [0, 0.1) is 23.2 Å². The van der Waals surface area contributed by atoms with Crippen LogP contribution in [0.15, 0.2) is 4.99 Å². The van der Waals surface area contributed by atoms with Crippen molar-refractivity contribution in [3.63, 3.8) is 0 Å². The number of ether oxygens (including phenoxy) is 1. The van der Waals surface area contributed by atoms with Crippen LogP contribution in [0.1, 0.15) is 52.9 Å². The minimum Gasteiger partial charge on any atom is -0.377 e. The topological polar surface area (TPSA) is 36.9 Å². The Bertz CT molecular complexity index is 461. The Balaban J connectivity index is 1.46. The summed E-state index contributed by atoms with van der Waals surface area (Å²) in [5, 5.41) is 3.86.